The predicted octanol–water partition coefficient (Wildman–Crippen LogP) is -0.657. The SMILES string of the molecule is Cc1cc(CN2CCN(Cc3cc(C)cc(C(=O)[O-])n3)CC(C)CN(Cc3cc(C)cc(C(=O)[O-])n3)CC2)nc(C(=O)[O-])c1. The van der Waals surface area contributed by atoms with Crippen LogP contribution in [0.3, 0.4) is 0 Å². The topological polar surface area (TPSA) is 169 Å². The molecule has 0 N–H and O–H groups in total. The van der Waals surface area contributed by atoms with Crippen molar-refractivity contribution in [1.29, 1.82) is 0 Å². The molecule has 0 aromatic carbocycles. The Kier molecular flexibility index (Phi) is 10.7. The first-order valence-corrected chi connectivity index (χ1v) is 14.6. The average molecular weight is 602 g/mol. The van der Waals surface area contributed by atoms with Gasteiger partial charge in [-0.15, -0.1) is 0 Å². The lowest BCUT2D eigenvalue weighted by Gasteiger charge is -2.35. The van der Waals surface area contributed by atoms with Crippen LogP contribution in [0.15, 0.2) is 36.4 Å². The van der Waals surface area contributed by atoms with E-state index in [1.54, 1.807) is 0 Å². The maximum atomic E-state index is 11.5. The number of carboxylic acid groups (broad SMARTS) is 3. The van der Waals surface area contributed by atoms with Crippen LogP contribution in [0.25, 0.3) is 0 Å². The molecule has 1 aliphatic rings. The van der Waals surface area contributed by atoms with E-state index in [0.29, 0.717) is 76.0 Å². The van der Waals surface area contributed by atoms with E-state index >= 15 is 0 Å². The Hall–Kier alpha value is -4.26. The standard InChI is InChI=1S/C32H40N6O6/c1-20-9-24(33-27(12-20)30(39)40)17-36-5-7-37(18-25-10-21(2)13-28(34-25)31(41)42)15-23(4)16-38(8-6-36)19-26-11-22(3)14-29(35-26)32(43)44/h9-14,23H,5-8,15-19H2,1-4H3,(H,39,40)(H,41,42)(H,43,44)/p-3. The van der Waals surface area contributed by atoms with Gasteiger partial charge in [0.15, 0.2) is 0 Å². The Labute approximate surface area is 257 Å². The Balaban J connectivity index is 1.60. The Morgan fingerprint density at radius 2 is 0.886 bits per heavy atom. The first kappa shape index (κ1) is 32.6. The molecule has 12 heteroatoms. The third-order valence-corrected chi connectivity index (χ3v) is 7.46. The van der Waals surface area contributed by atoms with Crippen molar-refractivity contribution < 1.29 is 29.7 Å². The molecule has 3 aromatic heterocycles. The second-order valence-corrected chi connectivity index (χ2v) is 11.8. The summed E-state index contributed by atoms with van der Waals surface area (Å²) in [6.45, 7) is 12.9. The summed E-state index contributed by atoms with van der Waals surface area (Å²) in [5.74, 6) is -3.76. The van der Waals surface area contributed by atoms with E-state index in [1.807, 2.05) is 39.0 Å². The predicted molar refractivity (Wildman–Crippen MR) is 155 cm³/mol. The summed E-state index contributed by atoms with van der Waals surface area (Å²) in [7, 11) is 0. The van der Waals surface area contributed by atoms with Gasteiger partial charge in [0.1, 0.15) is 0 Å². The molecule has 0 atom stereocenters. The number of nitrogens with zero attached hydrogens (tertiary/aromatic N) is 6. The summed E-state index contributed by atoms with van der Waals surface area (Å²) in [6.07, 6.45) is 0. The van der Waals surface area contributed by atoms with Crippen molar-refractivity contribution in [3.05, 3.63) is 87.3 Å². The molecule has 44 heavy (non-hydrogen) atoms. The molecule has 4 rings (SSSR count). The normalized spacial score (nSPS) is 16.1. The van der Waals surface area contributed by atoms with Gasteiger partial charge >= 0.3 is 0 Å². The number of hydrogen-bond acceptors (Lipinski definition) is 12. The zero-order chi connectivity index (χ0) is 32.0. The lowest BCUT2D eigenvalue weighted by Crippen LogP contribution is -2.45. The number of pyridine rings is 3. The monoisotopic (exact) mass is 601 g/mol. The van der Waals surface area contributed by atoms with Crippen LogP contribution in [0.1, 0.15) is 72.2 Å². The zero-order valence-corrected chi connectivity index (χ0v) is 25.5. The summed E-state index contributed by atoms with van der Waals surface area (Å²) >= 11 is 0. The number of aromatic nitrogens is 3. The summed E-state index contributed by atoms with van der Waals surface area (Å²) < 4.78 is 0. The highest BCUT2D eigenvalue weighted by atomic mass is 16.4. The van der Waals surface area contributed by atoms with Gasteiger partial charge in [-0.3, -0.25) is 29.7 Å². The molecule has 0 unspecified atom stereocenters. The van der Waals surface area contributed by atoms with Gasteiger partial charge in [0.2, 0.25) is 0 Å². The number of aryl methyl sites for hydroxylation is 3. The number of carbonyl (C=O) groups is 3. The van der Waals surface area contributed by atoms with E-state index in [4.69, 9.17) is 0 Å². The average Bonchev–Trinajstić information content (AvgIpc) is 2.92. The smallest absolute Gasteiger partial charge is 0.0900 e. The summed E-state index contributed by atoms with van der Waals surface area (Å²) in [4.78, 5) is 54.2. The van der Waals surface area contributed by atoms with Crippen LogP contribution in [-0.2, 0) is 19.6 Å². The molecule has 234 valence electrons. The fourth-order valence-electron chi connectivity index (χ4n) is 5.71. The molecule has 0 radical (unpaired) electrons. The van der Waals surface area contributed by atoms with Crippen LogP contribution < -0.4 is 15.3 Å². The van der Waals surface area contributed by atoms with Gasteiger partial charge < -0.3 is 29.7 Å². The van der Waals surface area contributed by atoms with Crippen LogP contribution in [0, 0.1) is 26.7 Å². The molecule has 0 amide bonds. The first-order valence-electron chi connectivity index (χ1n) is 14.6. The van der Waals surface area contributed by atoms with E-state index in [9.17, 15) is 29.7 Å². The molecule has 4 heterocycles. The van der Waals surface area contributed by atoms with Crippen LogP contribution in [0.4, 0.5) is 0 Å². The highest BCUT2D eigenvalue weighted by molar-refractivity contribution is 5.84. The molecule has 0 saturated carbocycles. The minimum absolute atomic E-state index is 0.0993. The molecule has 3 aromatic rings. The molecular formula is C32H37N6O6-3. The van der Waals surface area contributed by atoms with Gasteiger partial charge in [-0.2, -0.15) is 0 Å². The molecule has 0 aliphatic carbocycles. The van der Waals surface area contributed by atoms with Crippen molar-refractivity contribution in [1.82, 2.24) is 29.7 Å². The van der Waals surface area contributed by atoms with Crippen molar-refractivity contribution in [3.8, 4) is 0 Å². The van der Waals surface area contributed by atoms with Crippen LogP contribution in [-0.4, -0.2) is 86.8 Å². The van der Waals surface area contributed by atoms with Crippen LogP contribution >= 0.6 is 0 Å². The van der Waals surface area contributed by atoms with Crippen molar-refractivity contribution in [2.75, 3.05) is 39.3 Å². The third kappa shape index (κ3) is 9.37. The highest BCUT2D eigenvalue weighted by Gasteiger charge is 2.21. The molecule has 1 saturated heterocycles. The van der Waals surface area contributed by atoms with E-state index in [2.05, 4.69) is 36.6 Å². The minimum Gasteiger partial charge on any atom is -0.543 e. The highest BCUT2D eigenvalue weighted by Crippen LogP contribution is 2.16. The number of carboxylic acids is 3. The van der Waals surface area contributed by atoms with E-state index in [-0.39, 0.29) is 23.0 Å². The fraction of sp³-hybridized carbons (Fsp3) is 0.438. The third-order valence-electron chi connectivity index (χ3n) is 7.46. The number of hydrogen-bond donors (Lipinski definition) is 0. The van der Waals surface area contributed by atoms with Crippen molar-refractivity contribution in [3.63, 3.8) is 0 Å². The van der Waals surface area contributed by atoms with E-state index in [1.165, 1.54) is 18.2 Å². The maximum Gasteiger partial charge on any atom is 0.0900 e. The van der Waals surface area contributed by atoms with Crippen molar-refractivity contribution >= 4 is 17.9 Å². The maximum absolute atomic E-state index is 11.5. The molecule has 0 spiro atoms. The number of rotatable bonds is 9. The van der Waals surface area contributed by atoms with Gasteiger partial charge in [0.25, 0.3) is 0 Å². The quantitative estimate of drug-likeness (QED) is 0.304. The van der Waals surface area contributed by atoms with Crippen LogP contribution in [0.5, 0.6) is 0 Å². The van der Waals surface area contributed by atoms with E-state index in [0.717, 1.165) is 16.7 Å². The van der Waals surface area contributed by atoms with Gasteiger partial charge in [0.05, 0.1) is 52.1 Å². The number of aromatic carboxylic acids is 3. The molecule has 12 nitrogen and oxygen atoms in total. The van der Waals surface area contributed by atoms with Gasteiger partial charge in [0, 0.05) is 58.9 Å². The van der Waals surface area contributed by atoms with Gasteiger partial charge in [-0.05, 0) is 79.8 Å². The first-order chi connectivity index (χ1) is 20.8. The molecular weight excluding hydrogens is 564 g/mol. The summed E-state index contributed by atoms with van der Waals surface area (Å²) in [5.41, 5.74) is 3.92. The zero-order valence-electron chi connectivity index (χ0n) is 25.5. The second-order valence-electron chi connectivity index (χ2n) is 11.8. The fourth-order valence-corrected chi connectivity index (χ4v) is 5.71. The molecule has 1 aliphatic heterocycles. The Bertz CT molecular complexity index is 1450. The summed E-state index contributed by atoms with van der Waals surface area (Å²) in [5, 5.41) is 34.6. The van der Waals surface area contributed by atoms with Gasteiger partial charge in [-0.25, -0.2) is 0 Å². The lowest BCUT2D eigenvalue weighted by atomic mass is 10.1. The minimum atomic E-state index is -1.33. The molecule has 0 bridgehead atoms. The lowest BCUT2D eigenvalue weighted by molar-refractivity contribution is -0.256. The Morgan fingerprint density at radius 1 is 0.591 bits per heavy atom. The van der Waals surface area contributed by atoms with Crippen molar-refractivity contribution in [2.24, 2.45) is 5.92 Å². The van der Waals surface area contributed by atoms with Gasteiger partial charge in [-0.1, -0.05) is 6.92 Å². The molecule has 1 fully saturated rings. The van der Waals surface area contributed by atoms with Crippen molar-refractivity contribution in [2.45, 2.75) is 47.3 Å². The van der Waals surface area contributed by atoms with Crippen LogP contribution in [0.2, 0.25) is 0 Å². The van der Waals surface area contributed by atoms with E-state index < -0.39 is 17.9 Å². The summed E-state index contributed by atoms with van der Waals surface area (Å²) in [6, 6.07) is 10.1. The Morgan fingerprint density at radius 3 is 1.20 bits per heavy atom. The number of carbonyl (C=O) groups excluding carboxylic acids is 3. The second kappa shape index (κ2) is 14.5. The largest absolute Gasteiger partial charge is 0.543 e.